The molecule has 2 unspecified atom stereocenters. The Bertz CT molecular complexity index is 756. The van der Waals surface area contributed by atoms with Crippen molar-refractivity contribution in [2.45, 2.75) is 32.5 Å². The predicted octanol–water partition coefficient (Wildman–Crippen LogP) is 3.63. The minimum atomic E-state index is -0.835. The van der Waals surface area contributed by atoms with Gasteiger partial charge in [-0.1, -0.05) is 23.7 Å². The Kier molecular flexibility index (Phi) is 4.37. The van der Waals surface area contributed by atoms with Gasteiger partial charge in [0.2, 0.25) is 6.10 Å². The third kappa shape index (κ3) is 3.38. The first-order valence-electron chi connectivity index (χ1n) is 7.09. The van der Waals surface area contributed by atoms with Gasteiger partial charge in [-0.3, -0.25) is 0 Å². The fourth-order valence-corrected chi connectivity index (χ4v) is 3.38. The third-order valence-electron chi connectivity index (χ3n) is 3.45. The minimum absolute atomic E-state index is 0.229. The molecule has 0 radical (unpaired) electrons. The second-order valence-corrected chi connectivity index (χ2v) is 6.75. The minimum Gasteiger partial charge on any atom is -0.460 e. The van der Waals surface area contributed by atoms with Crippen molar-refractivity contribution in [2.75, 3.05) is 0 Å². The molecule has 1 aliphatic rings. The van der Waals surface area contributed by atoms with Gasteiger partial charge in [0, 0.05) is 17.0 Å². The molecule has 7 heteroatoms. The van der Waals surface area contributed by atoms with E-state index in [0.29, 0.717) is 27.0 Å². The number of esters is 2. The van der Waals surface area contributed by atoms with E-state index in [1.165, 1.54) is 11.3 Å². The second kappa shape index (κ2) is 6.29. The van der Waals surface area contributed by atoms with Crippen LogP contribution in [0.25, 0.3) is 10.6 Å². The standard InChI is InChI=1S/C16H14ClNO4S/c1-8-7-12(15(19)21-8)22-16(20)13-9(2)18-14(23-13)10-3-5-11(17)6-4-10/h3-6,8,12H,7H2,1-2H3. The van der Waals surface area contributed by atoms with Crippen molar-refractivity contribution in [1.82, 2.24) is 4.98 Å². The fraction of sp³-hybridized carbons (Fsp3) is 0.312. The number of thiazole rings is 1. The lowest BCUT2D eigenvalue weighted by Gasteiger charge is -2.06. The normalized spacial score (nSPS) is 20.4. The van der Waals surface area contributed by atoms with Gasteiger partial charge in [-0.15, -0.1) is 11.3 Å². The number of benzene rings is 1. The Morgan fingerprint density at radius 3 is 2.70 bits per heavy atom. The number of aromatic nitrogens is 1. The van der Waals surface area contributed by atoms with Crippen molar-refractivity contribution in [2.24, 2.45) is 0 Å². The van der Waals surface area contributed by atoms with Gasteiger partial charge in [-0.25, -0.2) is 14.6 Å². The summed E-state index contributed by atoms with van der Waals surface area (Å²) in [7, 11) is 0. The molecule has 0 amide bonds. The molecule has 2 atom stereocenters. The molecule has 0 saturated carbocycles. The second-order valence-electron chi connectivity index (χ2n) is 5.32. The molecule has 2 heterocycles. The summed E-state index contributed by atoms with van der Waals surface area (Å²) in [5.41, 5.74) is 1.44. The molecule has 0 N–H and O–H groups in total. The van der Waals surface area contributed by atoms with E-state index in [1.54, 1.807) is 26.0 Å². The number of hydrogen-bond acceptors (Lipinski definition) is 6. The van der Waals surface area contributed by atoms with Crippen LogP contribution in [-0.2, 0) is 14.3 Å². The van der Waals surface area contributed by atoms with Gasteiger partial charge in [0.15, 0.2) is 0 Å². The maximum Gasteiger partial charge on any atom is 0.351 e. The lowest BCUT2D eigenvalue weighted by molar-refractivity contribution is -0.147. The third-order valence-corrected chi connectivity index (χ3v) is 4.89. The lowest BCUT2D eigenvalue weighted by atomic mass is 10.2. The highest BCUT2D eigenvalue weighted by Gasteiger charge is 2.36. The molecule has 1 aliphatic heterocycles. The number of ether oxygens (including phenoxy) is 2. The Morgan fingerprint density at radius 1 is 1.39 bits per heavy atom. The SMILES string of the molecule is Cc1nc(-c2ccc(Cl)cc2)sc1C(=O)OC1CC(C)OC1=O. The van der Waals surface area contributed by atoms with Crippen LogP contribution in [0.5, 0.6) is 0 Å². The Morgan fingerprint density at radius 2 is 2.09 bits per heavy atom. The average Bonchev–Trinajstić information content (AvgIpc) is 3.02. The highest BCUT2D eigenvalue weighted by Crippen LogP contribution is 2.30. The topological polar surface area (TPSA) is 65.5 Å². The van der Waals surface area contributed by atoms with Gasteiger partial charge in [-0.05, 0) is 26.0 Å². The molecule has 1 aromatic carbocycles. The summed E-state index contributed by atoms with van der Waals surface area (Å²) >= 11 is 7.10. The van der Waals surface area contributed by atoms with Crippen LogP contribution in [0.1, 0.15) is 28.7 Å². The Balaban J connectivity index is 1.79. The average molecular weight is 352 g/mol. The molecule has 0 bridgehead atoms. The molecule has 120 valence electrons. The zero-order chi connectivity index (χ0) is 16.6. The number of aryl methyl sites for hydroxylation is 1. The van der Waals surface area contributed by atoms with Gasteiger partial charge >= 0.3 is 11.9 Å². The van der Waals surface area contributed by atoms with Crippen molar-refractivity contribution in [3.8, 4) is 10.6 Å². The maximum atomic E-state index is 12.3. The maximum absolute atomic E-state index is 12.3. The van der Waals surface area contributed by atoms with Crippen LogP contribution < -0.4 is 0 Å². The number of cyclic esters (lactones) is 1. The first-order chi connectivity index (χ1) is 10.9. The van der Waals surface area contributed by atoms with Crippen LogP contribution in [0.4, 0.5) is 0 Å². The first-order valence-corrected chi connectivity index (χ1v) is 8.28. The van der Waals surface area contributed by atoms with Crippen LogP contribution in [0.3, 0.4) is 0 Å². The summed E-state index contributed by atoms with van der Waals surface area (Å²) in [5, 5.41) is 1.34. The quantitative estimate of drug-likeness (QED) is 0.790. The van der Waals surface area contributed by atoms with Crippen molar-refractivity contribution in [3.63, 3.8) is 0 Å². The number of carbonyl (C=O) groups excluding carboxylic acids is 2. The fourth-order valence-electron chi connectivity index (χ4n) is 2.30. The van der Waals surface area contributed by atoms with E-state index < -0.39 is 18.0 Å². The Hall–Kier alpha value is -1.92. The summed E-state index contributed by atoms with van der Waals surface area (Å²) in [5.74, 6) is -1.04. The number of rotatable bonds is 3. The molecule has 1 saturated heterocycles. The monoisotopic (exact) mass is 351 g/mol. The lowest BCUT2D eigenvalue weighted by Crippen LogP contribution is -2.22. The van der Waals surface area contributed by atoms with E-state index >= 15 is 0 Å². The van der Waals surface area contributed by atoms with Gasteiger partial charge in [-0.2, -0.15) is 0 Å². The molecule has 5 nitrogen and oxygen atoms in total. The number of carbonyl (C=O) groups is 2. The molecule has 1 aromatic heterocycles. The van der Waals surface area contributed by atoms with Crippen molar-refractivity contribution in [3.05, 3.63) is 39.9 Å². The van der Waals surface area contributed by atoms with E-state index in [9.17, 15) is 9.59 Å². The molecular weight excluding hydrogens is 338 g/mol. The molecule has 0 aliphatic carbocycles. The van der Waals surface area contributed by atoms with E-state index in [-0.39, 0.29) is 6.10 Å². The van der Waals surface area contributed by atoms with Gasteiger partial charge in [0.05, 0.1) is 5.69 Å². The van der Waals surface area contributed by atoms with Gasteiger partial charge < -0.3 is 9.47 Å². The number of hydrogen-bond donors (Lipinski definition) is 0. The van der Waals surface area contributed by atoms with Gasteiger partial charge in [0.1, 0.15) is 16.0 Å². The van der Waals surface area contributed by atoms with Crippen molar-refractivity contribution < 1.29 is 19.1 Å². The highest BCUT2D eigenvalue weighted by atomic mass is 35.5. The predicted molar refractivity (Wildman–Crippen MR) is 86.7 cm³/mol. The number of nitrogens with zero attached hydrogens (tertiary/aromatic N) is 1. The van der Waals surface area contributed by atoms with Crippen LogP contribution in [-0.4, -0.2) is 29.1 Å². The molecular formula is C16H14ClNO4S. The summed E-state index contributed by atoms with van der Waals surface area (Å²) < 4.78 is 10.3. The van der Waals surface area contributed by atoms with Crippen LogP contribution in [0, 0.1) is 6.92 Å². The summed E-state index contributed by atoms with van der Waals surface area (Å²) in [6.45, 7) is 3.50. The van der Waals surface area contributed by atoms with Crippen LogP contribution in [0.2, 0.25) is 5.02 Å². The van der Waals surface area contributed by atoms with Crippen LogP contribution >= 0.6 is 22.9 Å². The van der Waals surface area contributed by atoms with Crippen LogP contribution in [0.15, 0.2) is 24.3 Å². The zero-order valence-electron chi connectivity index (χ0n) is 12.5. The molecule has 1 fully saturated rings. The smallest absolute Gasteiger partial charge is 0.351 e. The summed E-state index contributed by atoms with van der Waals surface area (Å²) in [6.07, 6.45) is -0.683. The molecule has 0 spiro atoms. The molecule has 2 aromatic rings. The summed E-state index contributed by atoms with van der Waals surface area (Å²) in [6, 6.07) is 7.21. The van der Waals surface area contributed by atoms with Gasteiger partial charge in [0.25, 0.3) is 0 Å². The van der Waals surface area contributed by atoms with E-state index in [4.69, 9.17) is 21.1 Å². The first kappa shape index (κ1) is 16.0. The zero-order valence-corrected chi connectivity index (χ0v) is 14.1. The van der Waals surface area contributed by atoms with Crippen molar-refractivity contribution in [1.29, 1.82) is 0 Å². The van der Waals surface area contributed by atoms with Crippen molar-refractivity contribution >= 4 is 34.9 Å². The molecule has 3 rings (SSSR count). The van der Waals surface area contributed by atoms with E-state index in [1.807, 2.05) is 12.1 Å². The number of halogens is 1. The Labute approximate surface area is 142 Å². The molecule has 23 heavy (non-hydrogen) atoms. The van der Waals surface area contributed by atoms with E-state index in [2.05, 4.69) is 4.98 Å². The summed E-state index contributed by atoms with van der Waals surface area (Å²) in [4.78, 5) is 28.7. The highest BCUT2D eigenvalue weighted by molar-refractivity contribution is 7.17. The largest absolute Gasteiger partial charge is 0.460 e. The van der Waals surface area contributed by atoms with E-state index in [0.717, 1.165) is 5.56 Å².